The molecule has 3 rings (SSSR count). The molecule has 0 bridgehead atoms. The molecule has 0 fully saturated rings. The third kappa shape index (κ3) is 7.72. The molecule has 0 aromatic heterocycles. The zero-order chi connectivity index (χ0) is 27.7. The fourth-order valence-electron chi connectivity index (χ4n) is 3.79. The lowest BCUT2D eigenvalue weighted by molar-refractivity contribution is -0.139. The number of unbranched alkanes of at least 4 members (excludes halogenated alkanes) is 1. The normalized spacial score (nSPS) is 12.0. The van der Waals surface area contributed by atoms with Gasteiger partial charge in [0, 0.05) is 23.1 Å². The molecule has 3 aromatic rings. The van der Waals surface area contributed by atoms with Crippen LogP contribution in [0.4, 0.5) is 5.69 Å². The van der Waals surface area contributed by atoms with E-state index in [2.05, 4.69) is 5.32 Å². The molecule has 0 aliphatic rings. The van der Waals surface area contributed by atoms with Crippen LogP contribution in [0, 0.1) is 0 Å². The van der Waals surface area contributed by atoms with Crippen molar-refractivity contribution < 1.29 is 18.0 Å². The van der Waals surface area contributed by atoms with Crippen molar-refractivity contribution in [1.82, 2.24) is 10.2 Å². The second kappa shape index (κ2) is 13.6. The molecule has 0 unspecified atom stereocenters. The summed E-state index contributed by atoms with van der Waals surface area (Å²) in [6.07, 6.45) is 1.73. The van der Waals surface area contributed by atoms with Gasteiger partial charge in [-0.1, -0.05) is 72.9 Å². The summed E-state index contributed by atoms with van der Waals surface area (Å²) < 4.78 is 28.5. The quantitative estimate of drug-likeness (QED) is 0.288. The maximum atomic E-state index is 13.8. The Hall–Kier alpha value is -3.07. The number of nitrogens with zero attached hydrogens (tertiary/aromatic N) is 2. The van der Waals surface area contributed by atoms with Crippen molar-refractivity contribution in [2.75, 3.05) is 17.4 Å². The van der Waals surface area contributed by atoms with E-state index in [1.54, 1.807) is 25.1 Å². The van der Waals surface area contributed by atoms with Crippen LogP contribution >= 0.6 is 23.2 Å². The summed E-state index contributed by atoms with van der Waals surface area (Å²) in [5, 5.41) is 3.56. The summed E-state index contributed by atoms with van der Waals surface area (Å²) in [6, 6.07) is 20.4. The van der Waals surface area contributed by atoms with E-state index in [4.69, 9.17) is 23.2 Å². The van der Waals surface area contributed by atoms with Gasteiger partial charge >= 0.3 is 0 Å². The van der Waals surface area contributed by atoms with Crippen LogP contribution in [0.5, 0.6) is 0 Å². The molecular weight excluding hydrogens is 545 g/mol. The van der Waals surface area contributed by atoms with E-state index in [1.165, 1.54) is 35.2 Å². The number of halogens is 2. The van der Waals surface area contributed by atoms with Gasteiger partial charge < -0.3 is 10.2 Å². The summed E-state index contributed by atoms with van der Waals surface area (Å²) in [4.78, 5) is 28.1. The van der Waals surface area contributed by atoms with Crippen LogP contribution in [0.25, 0.3) is 0 Å². The smallest absolute Gasteiger partial charge is 0.264 e. The van der Waals surface area contributed by atoms with Gasteiger partial charge in [0.05, 0.1) is 10.6 Å². The molecule has 0 aliphatic heterocycles. The van der Waals surface area contributed by atoms with Gasteiger partial charge in [0.25, 0.3) is 10.0 Å². The fourth-order valence-corrected chi connectivity index (χ4v) is 5.51. The van der Waals surface area contributed by atoms with Crippen molar-refractivity contribution in [3.05, 3.63) is 94.5 Å². The van der Waals surface area contributed by atoms with Crippen LogP contribution in [-0.4, -0.2) is 44.3 Å². The molecule has 1 N–H and O–H groups in total. The van der Waals surface area contributed by atoms with Gasteiger partial charge in [-0.3, -0.25) is 13.9 Å². The van der Waals surface area contributed by atoms with Crippen molar-refractivity contribution in [3.8, 4) is 0 Å². The predicted octanol–water partition coefficient (Wildman–Crippen LogP) is 5.52. The van der Waals surface area contributed by atoms with Gasteiger partial charge in [-0.25, -0.2) is 8.42 Å². The van der Waals surface area contributed by atoms with E-state index in [1.807, 2.05) is 37.3 Å². The molecule has 3 aromatic carbocycles. The first-order valence-electron chi connectivity index (χ1n) is 12.3. The van der Waals surface area contributed by atoms with E-state index in [0.29, 0.717) is 16.6 Å². The predicted molar refractivity (Wildman–Crippen MR) is 152 cm³/mol. The maximum Gasteiger partial charge on any atom is 0.264 e. The summed E-state index contributed by atoms with van der Waals surface area (Å²) in [5.41, 5.74) is 1.03. The highest BCUT2D eigenvalue weighted by Gasteiger charge is 2.32. The van der Waals surface area contributed by atoms with Gasteiger partial charge in [0.2, 0.25) is 11.8 Å². The van der Waals surface area contributed by atoms with E-state index in [-0.39, 0.29) is 23.0 Å². The minimum Gasteiger partial charge on any atom is -0.354 e. The molecule has 7 nitrogen and oxygen atoms in total. The van der Waals surface area contributed by atoms with Crippen LogP contribution in [0.2, 0.25) is 10.0 Å². The second-order valence-corrected chi connectivity index (χ2v) is 11.5. The molecular formula is C28H31Cl2N3O4S. The molecule has 0 heterocycles. The molecule has 0 saturated carbocycles. The Kier molecular flexibility index (Phi) is 10.6. The topological polar surface area (TPSA) is 86.8 Å². The van der Waals surface area contributed by atoms with Gasteiger partial charge in [-0.05, 0) is 61.4 Å². The van der Waals surface area contributed by atoms with Crippen LogP contribution in [0.3, 0.4) is 0 Å². The number of rotatable bonds is 12. The van der Waals surface area contributed by atoms with Crippen LogP contribution in [0.15, 0.2) is 83.8 Å². The van der Waals surface area contributed by atoms with Crippen molar-refractivity contribution >= 4 is 50.7 Å². The van der Waals surface area contributed by atoms with E-state index >= 15 is 0 Å². The molecule has 1 atom stereocenters. The number of sulfonamides is 1. The van der Waals surface area contributed by atoms with Gasteiger partial charge in [-0.2, -0.15) is 0 Å². The Morgan fingerprint density at radius 2 is 1.61 bits per heavy atom. The number of hydrogen-bond donors (Lipinski definition) is 1. The first-order chi connectivity index (χ1) is 18.1. The number of nitrogens with one attached hydrogen (secondary N) is 1. The maximum absolute atomic E-state index is 13.8. The SMILES string of the molecule is CCCCNC(=O)[C@H](C)N(Cc1ccccc1)C(=O)CN(c1cccc(Cl)c1)S(=O)(=O)c1ccc(Cl)cc1. The van der Waals surface area contributed by atoms with Gasteiger partial charge in [-0.15, -0.1) is 0 Å². The van der Waals surface area contributed by atoms with Crippen molar-refractivity contribution in [2.45, 2.75) is 44.2 Å². The fraction of sp³-hybridized carbons (Fsp3) is 0.286. The summed E-state index contributed by atoms with van der Waals surface area (Å²) >= 11 is 12.1. The molecule has 0 radical (unpaired) electrons. The highest BCUT2D eigenvalue weighted by Crippen LogP contribution is 2.27. The minimum absolute atomic E-state index is 0.0327. The molecule has 0 spiro atoms. The average Bonchev–Trinajstić information content (AvgIpc) is 2.90. The van der Waals surface area contributed by atoms with Gasteiger partial charge in [0.1, 0.15) is 12.6 Å². The highest BCUT2D eigenvalue weighted by molar-refractivity contribution is 7.92. The standard InChI is InChI=1S/C28H31Cl2N3O4S/c1-3-4-17-31-28(35)21(2)32(19-22-9-6-5-7-10-22)27(34)20-33(25-12-8-11-24(30)18-25)38(36,37)26-15-13-23(29)14-16-26/h5-16,18,21H,3-4,17,19-20H2,1-2H3,(H,31,35)/t21-/m0/s1. The Labute approximate surface area is 234 Å². The Morgan fingerprint density at radius 1 is 0.921 bits per heavy atom. The number of anilines is 1. The number of hydrogen-bond acceptors (Lipinski definition) is 4. The second-order valence-electron chi connectivity index (χ2n) is 8.77. The summed E-state index contributed by atoms with van der Waals surface area (Å²) in [5.74, 6) is -0.845. The largest absolute Gasteiger partial charge is 0.354 e. The van der Waals surface area contributed by atoms with Crippen LogP contribution in [0.1, 0.15) is 32.3 Å². The van der Waals surface area contributed by atoms with E-state index in [0.717, 1.165) is 22.7 Å². The Morgan fingerprint density at radius 3 is 2.24 bits per heavy atom. The summed E-state index contributed by atoms with van der Waals surface area (Å²) in [6.45, 7) is 3.75. The van der Waals surface area contributed by atoms with Crippen molar-refractivity contribution in [2.24, 2.45) is 0 Å². The number of carbonyl (C=O) groups excluding carboxylic acids is 2. The third-order valence-corrected chi connectivity index (χ3v) is 8.24. The lowest BCUT2D eigenvalue weighted by Gasteiger charge is -2.32. The third-order valence-electron chi connectivity index (χ3n) is 5.97. The highest BCUT2D eigenvalue weighted by atomic mass is 35.5. The zero-order valence-corrected chi connectivity index (χ0v) is 23.6. The average molecular weight is 577 g/mol. The summed E-state index contributed by atoms with van der Waals surface area (Å²) in [7, 11) is -4.18. The van der Waals surface area contributed by atoms with Crippen molar-refractivity contribution in [1.29, 1.82) is 0 Å². The Balaban J connectivity index is 1.98. The minimum atomic E-state index is -4.18. The number of benzene rings is 3. The molecule has 2 amide bonds. The first-order valence-corrected chi connectivity index (χ1v) is 14.5. The Bertz CT molecular complexity index is 1340. The van der Waals surface area contributed by atoms with Crippen molar-refractivity contribution in [3.63, 3.8) is 0 Å². The molecule has 0 aliphatic carbocycles. The first kappa shape index (κ1) is 29.5. The lowest BCUT2D eigenvalue weighted by atomic mass is 10.1. The molecule has 38 heavy (non-hydrogen) atoms. The van der Waals surface area contributed by atoms with Gasteiger partial charge in [0.15, 0.2) is 0 Å². The van der Waals surface area contributed by atoms with Crippen LogP contribution in [-0.2, 0) is 26.2 Å². The molecule has 0 saturated heterocycles. The monoisotopic (exact) mass is 575 g/mol. The number of carbonyl (C=O) groups is 2. The van der Waals surface area contributed by atoms with Crippen LogP contribution < -0.4 is 9.62 Å². The molecule has 202 valence electrons. The lowest BCUT2D eigenvalue weighted by Crippen LogP contribution is -2.51. The molecule has 10 heteroatoms. The van der Waals surface area contributed by atoms with E-state index < -0.39 is 28.5 Å². The van der Waals surface area contributed by atoms with E-state index in [9.17, 15) is 18.0 Å². The zero-order valence-electron chi connectivity index (χ0n) is 21.3. The number of amides is 2.